The van der Waals surface area contributed by atoms with E-state index >= 15 is 0 Å². The van der Waals surface area contributed by atoms with Gasteiger partial charge in [0.1, 0.15) is 0 Å². The number of pyridine rings is 2. The van der Waals surface area contributed by atoms with Crippen molar-refractivity contribution < 1.29 is 9.53 Å². The maximum Gasteiger partial charge on any atom is 0.339 e. The topological polar surface area (TPSA) is 64.4 Å². The molecule has 0 aliphatic heterocycles. The molecule has 0 N–H and O–H groups in total. The Balaban J connectivity index is 2.78. The average molecular weight is 261 g/mol. The molecule has 2 aromatic rings. The number of rotatable bonds is 2. The van der Waals surface area contributed by atoms with Crippen molar-refractivity contribution in [3.8, 4) is 0 Å². The Hall–Kier alpha value is -2.37. The van der Waals surface area contributed by atoms with Crippen LogP contribution in [0.3, 0.4) is 0 Å². The van der Waals surface area contributed by atoms with Crippen LogP contribution in [-0.2, 0) is 4.74 Å². The van der Waals surface area contributed by atoms with Crippen molar-refractivity contribution in [2.24, 2.45) is 0 Å². The highest BCUT2D eigenvalue weighted by Crippen LogP contribution is 2.14. The van der Waals surface area contributed by atoms with Crippen LogP contribution in [0.25, 0.3) is 10.9 Å². The van der Waals surface area contributed by atoms with E-state index in [2.05, 4.69) is 9.72 Å². The van der Waals surface area contributed by atoms with Gasteiger partial charge >= 0.3 is 5.97 Å². The Labute approximate surface area is 110 Å². The molecule has 0 aliphatic rings. The first-order valence-corrected chi connectivity index (χ1v) is 5.74. The number of nitrogens with zero attached hydrogens (tertiary/aromatic N) is 3. The van der Waals surface area contributed by atoms with Crippen LogP contribution in [0.2, 0.25) is 0 Å². The first-order valence-electron chi connectivity index (χ1n) is 5.74. The summed E-state index contributed by atoms with van der Waals surface area (Å²) in [6.07, 6.45) is 1.65. The smallest absolute Gasteiger partial charge is 0.339 e. The highest BCUT2D eigenvalue weighted by molar-refractivity contribution is 5.94. The lowest BCUT2D eigenvalue weighted by atomic mass is 10.1. The number of fused-ring (bicyclic) bond motifs is 1. The summed E-state index contributed by atoms with van der Waals surface area (Å²) in [6.45, 7) is 1.71. The number of aryl methyl sites for hydroxylation is 1. The predicted octanol–water partition coefficient (Wildman–Crippen LogP) is 0.689. The zero-order valence-corrected chi connectivity index (χ0v) is 11.3. The molecular formula is C13H15N3O3. The SMILES string of the molecule is COC(=O)c1cc2c(=O)n(N(C)C)ccc2nc1C. The fraction of sp³-hybridized carbons (Fsp3) is 0.308. The van der Waals surface area contributed by atoms with Gasteiger partial charge in [-0.05, 0) is 19.1 Å². The Morgan fingerprint density at radius 3 is 2.68 bits per heavy atom. The summed E-state index contributed by atoms with van der Waals surface area (Å²) in [5.41, 5.74) is 1.19. The van der Waals surface area contributed by atoms with E-state index in [1.54, 1.807) is 38.3 Å². The molecule has 100 valence electrons. The van der Waals surface area contributed by atoms with Crippen molar-refractivity contribution in [2.75, 3.05) is 26.2 Å². The maximum absolute atomic E-state index is 12.3. The summed E-state index contributed by atoms with van der Waals surface area (Å²) < 4.78 is 6.13. The predicted molar refractivity (Wildman–Crippen MR) is 72.1 cm³/mol. The van der Waals surface area contributed by atoms with E-state index < -0.39 is 5.97 Å². The van der Waals surface area contributed by atoms with Gasteiger partial charge in [-0.15, -0.1) is 0 Å². The summed E-state index contributed by atoms with van der Waals surface area (Å²) in [7, 11) is 4.82. The van der Waals surface area contributed by atoms with Crippen molar-refractivity contribution in [1.29, 1.82) is 0 Å². The quantitative estimate of drug-likeness (QED) is 0.744. The lowest BCUT2D eigenvalue weighted by molar-refractivity contribution is 0.0599. The summed E-state index contributed by atoms with van der Waals surface area (Å²) in [5, 5.41) is 2.04. The van der Waals surface area contributed by atoms with E-state index in [4.69, 9.17) is 0 Å². The van der Waals surface area contributed by atoms with Gasteiger partial charge in [0.2, 0.25) is 0 Å². The normalized spacial score (nSPS) is 10.5. The number of ether oxygens (including phenoxy) is 1. The molecule has 0 aliphatic carbocycles. The second kappa shape index (κ2) is 4.72. The number of carbonyl (C=O) groups is 1. The van der Waals surface area contributed by atoms with Crippen molar-refractivity contribution in [3.05, 3.63) is 39.9 Å². The summed E-state index contributed by atoms with van der Waals surface area (Å²) >= 11 is 0. The third-order valence-corrected chi connectivity index (χ3v) is 2.89. The van der Waals surface area contributed by atoms with E-state index in [9.17, 15) is 9.59 Å². The van der Waals surface area contributed by atoms with Crippen molar-refractivity contribution in [2.45, 2.75) is 6.92 Å². The minimum Gasteiger partial charge on any atom is -0.465 e. The van der Waals surface area contributed by atoms with Crippen LogP contribution in [-0.4, -0.2) is 36.8 Å². The number of hydrogen-bond acceptors (Lipinski definition) is 5. The molecule has 6 nitrogen and oxygen atoms in total. The van der Waals surface area contributed by atoms with E-state index in [1.807, 2.05) is 0 Å². The van der Waals surface area contributed by atoms with Crippen LogP contribution in [0, 0.1) is 6.92 Å². The van der Waals surface area contributed by atoms with E-state index in [0.717, 1.165) is 0 Å². The number of carbonyl (C=O) groups excluding carboxylic acids is 1. The molecule has 0 atom stereocenters. The molecule has 0 saturated heterocycles. The van der Waals surface area contributed by atoms with Gasteiger partial charge in [-0.25, -0.2) is 9.47 Å². The molecule has 0 unspecified atom stereocenters. The number of aromatic nitrogens is 2. The van der Waals surface area contributed by atoms with Gasteiger partial charge in [0.25, 0.3) is 5.56 Å². The fourth-order valence-electron chi connectivity index (χ4n) is 1.89. The largest absolute Gasteiger partial charge is 0.465 e. The number of esters is 1. The van der Waals surface area contributed by atoms with Gasteiger partial charge in [0.15, 0.2) is 0 Å². The molecule has 0 saturated carbocycles. The van der Waals surface area contributed by atoms with Crippen LogP contribution in [0.4, 0.5) is 0 Å². The Bertz CT molecular complexity index is 704. The minimum absolute atomic E-state index is 0.222. The van der Waals surface area contributed by atoms with Crippen LogP contribution >= 0.6 is 0 Å². The average Bonchev–Trinajstić information content (AvgIpc) is 2.37. The van der Waals surface area contributed by atoms with Crippen LogP contribution in [0.1, 0.15) is 16.1 Å². The highest BCUT2D eigenvalue weighted by Gasteiger charge is 2.14. The molecule has 19 heavy (non-hydrogen) atoms. The summed E-state index contributed by atoms with van der Waals surface area (Å²) in [4.78, 5) is 28.2. The van der Waals surface area contributed by atoms with Crippen LogP contribution < -0.4 is 10.6 Å². The van der Waals surface area contributed by atoms with Crippen molar-refractivity contribution in [1.82, 2.24) is 9.66 Å². The molecule has 0 bridgehead atoms. The van der Waals surface area contributed by atoms with Crippen LogP contribution in [0.15, 0.2) is 23.1 Å². The third-order valence-electron chi connectivity index (χ3n) is 2.89. The third kappa shape index (κ3) is 2.16. The fourth-order valence-corrected chi connectivity index (χ4v) is 1.89. The first kappa shape index (κ1) is 13.1. The van der Waals surface area contributed by atoms with Crippen molar-refractivity contribution >= 4 is 16.9 Å². The zero-order valence-electron chi connectivity index (χ0n) is 11.3. The monoisotopic (exact) mass is 261 g/mol. The Morgan fingerprint density at radius 2 is 2.11 bits per heavy atom. The number of hydrogen-bond donors (Lipinski definition) is 0. The maximum atomic E-state index is 12.3. The molecular weight excluding hydrogens is 246 g/mol. The molecule has 0 fully saturated rings. The zero-order chi connectivity index (χ0) is 14.2. The number of methoxy groups -OCH3 is 1. The second-order valence-electron chi connectivity index (χ2n) is 4.36. The summed E-state index contributed by atoms with van der Waals surface area (Å²) in [5.74, 6) is -0.494. The lowest BCUT2D eigenvalue weighted by Gasteiger charge is -2.16. The Kier molecular flexibility index (Phi) is 3.25. The minimum atomic E-state index is -0.494. The van der Waals surface area contributed by atoms with Gasteiger partial charge in [-0.2, -0.15) is 0 Å². The van der Waals surface area contributed by atoms with Gasteiger partial charge in [-0.1, -0.05) is 0 Å². The van der Waals surface area contributed by atoms with Crippen molar-refractivity contribution in [3.63, 3.8) is 0 Å². The highest BCUT2D eigenvalue weighted by atomic mass is 16.5. The van der Waals surface area contributed by atoms with Gasteiger partial charge in [-0.3, -0.25) is 9.78 Å². The van der Waals surface area contributed by atoms with E-state index in [-0.39, 0.29) is 5.56 Å². The van der Waals surface area contributed by atoms with E-state index in [0.29, 0.717) is 22.2 Å². The molecule has 6 heteroatoms. The van der Waals surface area contributed by atoms with Gasteiger partial charge in [0, 0.05) is 20.3 Å². The lowest BCUT2D eigenvalue weighted by Crippen LogP contribution is -2.35. The van der Waals surface area contributed by atoms with Gasteiger partial charge < -0.3 is 9.75 Å². The molecule has 2 aromatic heterocycles. The summed E-state index contributed by atoms with van der Waals surface area (Å²) in [6, 6.07) is 3.27. The molecule has 2 heterocycles. The Morgan fingerprint density at radius 1 is 1.42 bits per heavy atom. The molecule has 0 amide bonds. The first-order chi connectivity index (χ1) is 8.95. The van der Waals surface area contributed by atoms with E-state index in [1.165, 1.54) is 17.9 Å². The van der Waals surface area contributed by atoms with Gasteiger partial charge in [0.05, 0.1) is 29.3 Å². The van der Waals surface area contributed by atoms with Crippen LogP contribution in [0.5, 0.6) is 0 Å². The molecule has 0 aromatic carbocycles. The molecule has 2 rings (SSSR count). The standard InChI is InChI=1S/C13H15N3O3/c1-8-9(13(18)19-4)7-10-11(14-8)5-6-16(12(10)17)15(2)3/h5-7H,1-4H3. The molecule has 0 spiro atoms. The molecule has 0 radical (unpaired) electrons. The second-order valence-corrected chi connectivity index (χ2v) is 4.36.